The van der Waals surface area contributed by atoms with Crippen LogP contribution in [-0.4, -0.2) is 24.2 Å². The summed E-state index contributed by atoms with van der Waals surface area (Å²) in [5, 5.41) is 20.1. The maximum atomic E-state index is 11.9. The molecule has 0 saturated heterocycles. The summed E-state index contributed by atoms with van der Waals surface area (Å²) < 4.78 is 0. The molecular weight excluding hydrogens is 216 g/mol. The maximum Gasteiger partial charge on any atom is 0.230 e. The molecule has 1 rings (SSSR count). The van der Waals surface area contributed by atoms with Crippen molar-refractivity contribution >= 4 is 5.91 Å². The van der Waals surface area contributed by atoms with Gasteiger partial charge in [-0.25, -0.2) is 0 Å². The lowest BCUT2D eigenvalue weighted by atomic mass is 9.83. The van der Waals surface area contributed by atoms with Crippen LogP contribution in [0.4, 0.5) is 0 Å². The topological polar surface area (TPSA) is 73.1 Å². The molecule has 1 aromatic rings. The van der Waals surface area contributed by atoms with Crippen molar-refractivity contribution in [3.8, 4) is 6.07 Å². The molecule has 0 heterocycles. The summed E-state index contributed by atoms with van der Waals surface area (Å²) in [5.41, 5.74) is 0.597. The number of aliphatic hydroxyl groups excluding tert-OH is 1. The van der Waals surface area contributed by atoms with Crippen molar-refractivity contribution in [2.24, 2.45) is 0 Å². The van der Waals surface area contributed by atoms with Crippen molar-refractivity contribution in [1.82, 2.24) is 5.32 Å². The SMILES string of the molecule is CC(C)(C(=O)NCCO)c1cccc(C#N)c1. The van der Waals surface area contributed by atoms with Crippen molar-refractivity contribution < 1.29 is 9.90 Å². The van der Waals surface area contributed by atoms with Crippen molar-refractivity contribution in [3.63, 3.8) is 0 Å². The standard InChI is InChI=1S/C13H16N2O2/c1-13(2,12(17)15-6-7-16)11-5-3-4-10(8-11)9-14/h3-5,8,16H,6-7H2,1-2H3,(H,15,17). The maximum absolute atomic E-state index is 11.9. The van der Waals surface area contributed by atoms with Crippen LogP contribution in [0.3, 0.4) is 0 Å². The summed E-state index contributed by atoms with van der Waals surface area (Å²) >= 11 is 0. The van der Waals surface area contributed by atoms with E-state index in [9.17, 15) is 4.79 Å². The molecule has 0 atom stereocenters. The van der Waals surface area contributed by atoms with Crippen LogP contribution in [0, 0.1) is 11.3 Å². The lowest BCUT2D eigenvalue weighted by Crippen LogP contribution is -2.41. The van der Waals surface area contributed by atoms with E-state index in [1.54, 1.807) is 32.0 Å². The molecule has 0 aliphatic carbocycles. The zero-order valence-corrected chi connectivity index (χ0v) is 10.0. The van der Waals surface area contributed by atoms with Gasteiger partial charge in [-0.15, -0.1) is 0 Å². The quantitative estimate of drug-likeness (QED) is 0.811. The minimum atomic E-state index is -0.720. The molecule has 0 aliphatic heterocycles. The first-order valence-electron chi connectivity index (χ1n) is 5.42. The minimum absolute atomic E-state index is 0.0833. The Balaban J connectivity index is 2.96. The van der Waals surface area contributed by atoms with E-state index in [1.807, 2.05) is 12.1 Å². The summed E-state index contributed by atoms with van der Waals surface area (Å²) in [6, 6.07) is 9.03. The number of nitriles is 1. The minimum Gasteiger partial charge on any atom is -0.395 e. The van der Waals surface area contributed by atoms with Crippen molar-refractivity contribution in [3.05, 3.63) is 35.4 Å². The Morgan fingerprint density at radius 1 is 1.53 bits per heavy atom. The molecular formula is C13H16N2O2. The number of hydrogen-bond donors (Lipinski definition) is 2. The highest BCUT2D eigenvalue weighted by molar-refractivity contribution is 5.87. The van der Waals surface area contributed by atoms with Gasteiger partial charge in [-0.2, -0.15) is 5.26 Å². The van der Waals surface area contributed by atoms with Gasteiger partial charge in [0.25, 0.3) is 0 Å². The van der Waals surface area contributed by atoms with Crippen LogP contribution in [0.15, 0.2) is 24.3 Å². The molecule has 0 fully saturated rings. The van der Waals surface area contributed by atoms with Gasteiger partial charge >= 0.3 is 0 Å². The zero-order valence-electron chi connectivity index (χ0n) is 10.0. The number of carbonyl (C=O) groups excluding carboxylic acids is 1. The van der Waals surface area contributed by atoms with Gasteiger partial charge in [-0.1, -0.05) is 12.1 Å². The first-order chi connectivity index (χ1) is 8.02. The van der Waals surface area contributed by atoms with Gasteiger partial charge in [0, 0.05) is 6.54 Å². The first kappa shape index (κ1) is 13.2. The van der Waals surface area contributed by atoms with Gasteiger partial charge < -0.3 is 10.4 Å². The summed E-state index contributed by atoms with van der Waals surface area (Å²) in [7, 11) is 0. The number of nitrogens with zero attached hydrogens (tertiary/aromatic N) is 1. The highest BCUT2D eigenvalue weighted by Crippen LogP contribution is 2.24. The van der Waals surface area contributed by atoms with Gasteiger partial charge in [0.2, 0.25) is 5.91 Å². The second-order valence-corrected chi connectivity index (χ2v) is 4.30. The Labute approximate surface area is 101 Å². The van der Waals surface area contributed by atoms with Crippen LogP contribution in [0.1, 0.15) is 25.0 Å². The lowest BCUT2D eigenvalue weighted by molar-refractivity contribution is -0.125. The number of amides is 1. The van der Waals surface area contributed by atoms with Gasteiger partial charge in [-0.05, 0) is 31.5 Å². The number of aliphatic hydroxyl groups is 1. The van der Waals surface area contributed by atoms with Crippen LogP contribution in [0.25, 0.3) is 0 Å². The largest absolute Gasteiger partial charge is 0.395 e. The molecule has 4 heteroatoms. The second-order valence-electron chi connectivity index (χ2n) is 4.30. The van der Waals surface area contributed by atoms with Gasteiger partial charge in [0.15, 0.2) is 0 Å². The fourth-order valence-electron chi connectivity index (χ4n) is 1.50. The summed E-state index contributed by atoms with van der Waals surface area (Å²) in [5.74, 6) is -0.165. The molecule has 0 radical (unpaired) electrons. The Hall–Kier alpha value is -1.86. The lowest BCUT2D eigenvalue weighted by Gasteiger charge is -2.24. The third-order valence-corrected chi connectivity index (χ3v) is 2.68. The van der Waals surface area contributed by atoms with E-state index in [2.05, 4.69) is 5.32 Å². The molecule has 0 spiro atoms. The predicted octanol–water partition coefficient (Wildman–Crippen LogP) is 0.944. The van der Waals surface area contributed by atoms with Crippen LogP contribution in [-0.2, 0) is 10.2 Å². The van der Waals surface area contributed by atoms with Crippen LogP contribution < -0.4 is 5.32 Å². The average molecular weight is 232 g/mol. The molecule has 4 nitrogen and oxygen atoms in total. The normalized spacial score (nSPS) is 10.7. The highest BCUT2D eigenvalue weighted by Gasteiger charge is 2.29. The smallest absolute Gasteiger partial charge is 0.230 e. The zero-order chi connectivity index (χ0) is 12.9. The Kier molecular flexibility index (Phi) is 4.24. The van der Waals surface area contributed by atoms with Crippen LogP contribution >= 0.6 is 0 Å². The van der Waals surface area contributed by atoms with E-state index in [0.717, 1.165) is 5.56 Å². The summed E-state index contributed by atoms with van der Waals surface area (Å²) in [6.45, 7) is 3.73. The number of carbonyl (C=O) groups is 1. The molecule has 0 unspecified atom stereocenters. The molecule has 2 N–H and O–H groups in total. The molecule has 1 aromatic carbocycles. The monoisotopic (exact) mass is 232 g/mol. The highest BCUT2D eigenvalue weighted by atomic mass is 16.3. The molecule has 0 saturated carbocycles. The van der Waals surface area contributed by atoms with Crippen molar-refractivity contribution in [1.29, 1.82) is 5.26 Å². The van der Waals surface area contributed by atoms with Gasteiger partial charge in [0.1, 0.15) is 0 Å². The number of rotatable bonds is 4. The third kappa shape index (κ3) is 3.05. The number of benzene rings is 1. The number of nitrogens with one attached hydrogen (secondary N) is 1. The molecule has 0 bridgehead atoms. The fourth-order valence-corrected chi connectivity index (χ4v) is 1.50. The van der Waals surface area contributed by atoms with E-state index in [4.69, 9.17) is 10.4 Å². The molecule has 0 aromatic heterocycles. The fraction of sp³-hybridized carbons (Fsp3) is 0.385. The van der Waals surface area contributed by atoms with Crippen molar-refractivity contribution in [2.45, 2.75) is 19.3 Å². The van der Waals surface area contributed by atoms with E-state index in [0.29, 0.717) is 5.56 Å². The van der Waals surface area contributed by atoms with Crippen molar-refractivity contribution in [2.75, 3.05) is 13.2 Å². The van der Waals surface area contributed by atoms with E-state index < -0.39 is 5.41 Å². The van der Waals surface area contributed by atoms with Gasteiger partial charge in [-0.3, -0.25) is 4.79 Å². The molecule has 1 amide bonds. The van der Waals surface area contributed by atoms with Crippen LogP contribution in [0.2, 0.25) is 0 Å². The van der Waals surface area contributed by atoms with E-state index in [1.165, 1.54) is 0 Å². The number of hydrogen-bond acceptors (Lipinski definition) is 3. The van der Waals surface area contributed by atoms with Gasteiger partial charge in [0.05, 0.1) is 23.7 Å². The second kappa shape index (κ2) is 5.46. The Morgan fingerprint density at radius 3 is 2.82 bits per heavy atom. The average Bonchev–Trinajstić information content (AvgIpc) is 2.35. The predicted molar refractivity (Wildman–Crippen MR) is 64.3 cm³/mol. The molecule has 17 heavy (non-hydrogen) atoms. The summed E-state index contributed by atoms with van der Waals surface area (Å²) in [4.78, 5) is 11.9. The molecule has 90 valence electrons. The third-order valence-electron chi connectivity index (χ3n) is 2.68. The van der Waals surface area contributed by atoms with Crippen LogP contribution in [0.5, 0.6) is 0 Å². The first-order valence-corrected chi connectivity index (χ1v) is 5.42. The summed E-state index contributed by atoms with van der Waals surface area (Å²) in [6.07, 6.45) is 0. The van der Waals surface area contributed by atoms with E-state index >= 15 is 0 Å². The Bertz CT molecular complexity index is 447. The Morgan fingerprint density at radius 2 is 2.24 bits per heavy atom. The van der Waals surface area contributed by atoms with E-state index in [-0.39, 0.29) is 19.1 Å². The molecule has 0 aliphatic rings.